The van der Waals surface area contributed by atoms with Crippen molar-refractivity contribution >= 4 is 11.6 Å². The van der Waals surface area contributed by atoms with Gasteiger partial charge in [-0.2, -0.15) is 0 Å². The zero-order valence-electron chi connectivity index (χ0n) is 9.74. The van der Waals surface area contributed by atoms with Gasteiger partial charge in [-0.25, -0.2) is 0 Å². The maximum Gasteiger partial charge on any atom is 0.193 e. The Morgan fingerprint density at radius 1 is 1.12 bits per heavy atom. The number of rotatable bonds is 1. The Balaban J connectivity index is 2.23. The highest BCUT2D eigenvalue weighted by atomic mass is 16.6. The highest BCUT2D eigenvalue weighted by molar-refractivity contribution is 6.27. The van der Waals surface area contributed by atoms with Gasteiger partial charge in [-0.3, -0.25) is 9.59 Å². The smallest absolute Gasteiger partial charge is 0.193 e. The fraction of sp³-hybridized carbons (Fsp3) is 0.286. The van der Waals surface area contributed by atoms with Crippen molar-refractivity contribution in [1.29, 1.82) is 0 Å². The fourth-order valence-electron chi connectivity index (χ4n) is 2.39. The van der Waals surface area contributed by atoms with Gasteiger partial charge in [0.15, 0.2) is 11.6 Å². The molecule has 0 aromatic heterocycles. The number of allylic oxidation sites excluding steroid dienone is 1. The first-order valence-electron chi connectivity index (χ1n) is 5.58. The van der Waals surface area contributed by atoms with Gasteiger partial charge in [0.2, 0.25) is 0 Å². The summed E-state index contributed by atoms with van der Waals surface area (Å²) < 4.78 is 5.31. The van der Waals surface area contributed by atoms with E-state index in [1.165, 1.54) is 0 Å². The number of benzene rings is 1. The van der Waals surface area contributed by atoms with Crippen molar-refractivity contribution in [2.75, 3.05) is 6.61 Å². The van der Waals surface area contributed by atoms with E-state index in [9.17, 15) is 9.59 Å². The second-order valence-electron chi connectivity index (χ2n) is 4.72. The van der Waals surface area contributed by atoms with Crippen LogP contribution in [0.5, 0.6) is 0 Å². The number of Topliss-reactive ketones (excluding diaryl/α,β-unsaturated/α-hetero) is 2. The van der Waals surface area contributed by atoms with Crippen molar-refractivity contribution in [3.63, 3.8) is 0 Å². The number of carbonyl (C=O) groups excluding carboxylic acids is 2. The Bertz CT molecular complexity index is 577. The van der Waals surface area contributed by atoms with Gasteiger partial charge in [0.25, 0.3) is 0 Å². The number of fused-ring (bicyclic) bond motifs is 1. The molecule has 1 saturated heterocycles. The number of ether oxygens (including phenoxy) is 1. The first-order chi connectivity index (χ1) is 8.04. The monoisotopic (exact) mass is 228 g/mol. The van der Waals surface area contributed by atoms with Crippen LogP contribution in [-0.2, 0) is 4.74 Å². The van der Waals surface area contributed by atoms with E-state index in [0.717, 1.165) is 0 Å². The van der Waals surface area contributed by atoms with E-state index >= 15 is 0 Å². The van der Waals surface area contributed by atoms with Crippen LogP contribution in [0.2, 0.25) is 0 Å². The highest BCUT2D eigenvalue weighted by Gasteiger charge is 2.50. The summed E-state index contributed by atoms with van der Waals surface area (Å²) in [5.41, 5.74) is 1.50. The van der Waals surface area contributed by atoms with Crippen LogP contribution in [0, 0.1) is 0 Å². The molecule has 86 valence electrons. The molecule has 2 aliphatic rings. The molecule has 0 amide bonds. The summed E-state index contributed by atoms with van der Waals surface area (Å²) in [5, 5.41) is 0. The van der Waals surface area contributed by atoms with E-state index in [2.05, 4.69) is 0 Å². The summed E-state index contributed by atoms with van der Waals surface area (Å²) in [5.74, 6) is -0.135. The minimum absolute atomic E-state index is 0.0630. The minimum atomic E-state index is -0.551. The molecule has 0 saturated carbocycles. The molecule has 0 bridgehead atoms. The van der Waals surface area contributed by atoms with Crippen molar-refractivity contribution in [2.24, 2.45) is 0 Å². The van der Waals surface area contributed by atoms with Gasteiger partial charge in [0.05, 0.1) is 6.61 Å². The summed E-state index contributed by atoms with van der Waals surface area (Å²) in [6, 6.07) is 6.95. The third kappa shape index (κ3) is 1.32. The predicted molar refractivity (Wildman–Crippen MR) is 62.2 cm³/mol. The van der Waals surface area contributed by atoms with Gasteiger partial charge >= 0.3 is 0 Å². The topological polar surface area (TPSA) is 46.7 Å². The van der Waals surface area contributed by atoms with Crippen LogP contribution in [0.4, 0.5) is 0 Å². The number of epoxide rings is 1. The lowest BCUT2D eigenvalue weighted by molar-refractivity contribution is 0.0961. The highest BCUT2D eigenvalue weighted by Crippen LogP contribution is 2.41. The van der Waals surface area contributed by atoms with Gasteiger partial charge in [-0.1, -0.05) is 24.3 Å². The second-order valence-corrected chi connectivity index (χ2v) is 4.72. The summed E-state index contributed by atoms with van der Waals surface area (Å²) in [7, 11) is 0. The normalized spacial score (nSPS) is 27.2. The molecule has 1 fully saturated rings. The van der Waals surface area contributed by atoms with Gasteiger partial charge in [-0.05, 0) is 13.8 Å². The summed E-state index contributed by atoms with van der Waals surface area (Å²) in [4.78, 5) is 24.6. The number of hydrogen-bond donors (Lipinski definition) is 0. The van der Waals surface area contributed by atoms with E-state index in [4.69, 9.17) is 4.74 Å². The SMILES string of the molecule is CC1=C(C2(C)CO2)C(=O)c2ccccc2C1=O. The molecule has 1 heterocycles. The van der Waals surface area contributed by atoms with E-state index in [1.807, 2.05) is 6.92 Å². The first-order valence-corrected chi connectivity index (χ1v) is 5.58. The minimum Gasteiger partial charge on any atom is -0.365 e. The molecule has 17 heavy (non-hydrogen) atoms. The molecule has 1 aromatic carbocycles. The molecule has 3 nitrogen and oxygen atoms in total. The van der Waals surface area contributed by atoms with Crippen molar-refractivity contribution in [2.45, 2.75) is 19.4 Å². The Kier molecular flexibility index (Phi) is 1.92. The largest absolute Gasteiger partial charge is 0.365 e. The Morgan fingerprint density at radius 3 is 2.18 bits per heavy atom. The Labute approximate surface area is 99.1 Å². The van der Waals surface area contributed by atoms with Gasteiger partial charge in [-0.15, -0.1) is 0 Å². The van der Waals surface area contributed by atoms with Crippen LogP contribution in [-0.4, -0.2) is 23.8 Å². The number of hydrogen-bond acceptors (Lipinski definition) is 3. The molecule has 1 aromatic rings. The first kappa shape index (κ1) is 10.4. The van der Waals surface area contributed by atoms with Crippen LogP contribution in [0.3, 0.4) is 0 Å². The van der Waals surface area contributed by atoms with Crippen molar-refractivity contribution in [1.82, 2.24) is 0 Å². The maximum atomic E-state index is 12.4. The standard InChI is InChI=1S/C14H12O3/c1-8-11(14(2)7-17-14)13(16)10-6-4-3-5-9(10)12(8)15/h3-6H,7H2,1-2H3. The van der Waals surface area contributed by atoms with Crippen molar-refractivity contribution in [3.8, 4) is 0 Å². The van der Waals surface area contributed by atoms with Crippen molar-refractivity contribution < 1.29 is 14.3 Å². The molecular formula is C14H12O3. The fourth-order valence-corrected chi connectivity index (χ4v) is 2.39. The molecular weight excluding hydrogens is 216 g/mol. The van der Waals surface area contributed by atoms with Gasteiger partial charge < -0.3 is 4.74 Å². The lowest BCUT2D eigenvalue weighted by atomic mass is 9.80. The average molecular weight is 228 g/mol. The quantitative estimate of drug-likeness (QED) is 0.692. The summed E-state index contributed by atoms with van der Waals surface area (Å²) >= 11 is 0. The molecule has 1 unspecified atom stereocenters. The van der Waals surface area contributed by atoms with E-state index < -0.39 is 5.60 Å². The lowest BCUT2D eigenvalue weighted by Gasteiger charge is -2.21. The van der Waals surface area contributed by atoms with Crippen LogP contribution in [0.1, 0.15) is 34.6 Å². The number of ketones is 2. The van der Waals surface area contributed by atoms with Gasteiger partial charge in [0.1, 0.15) is 5.60 Å². The third-order valence-electron chi connectivity index (χ3n) is 3.47. The molecule has 1 aliphatic carbocycles. The average Bonchev–Trinajstić information content (AvgIpc) is 3.05. The Hall–Kier alpha value is -1.74. The van der Waals surface area contributed by atoms with Crippen LogP contribution in [0.25, 0.3) is 0 Å². The van der Waals surface area contributed by atoms with Crippen LogP contribution < -0.4 is 0 Å². The van der Waals surface area contributed by atoms with E-state index in [0.29, 0.717) is 28.9 Å². The molecule has 0 spiro atoms. The van der Waals surface area contributed by atoms with Gasteiger partial charge in [0, 0.05) is 22.3 Å². The summed E-state index contributed by atoms with van der Waals surface area (Å²) in [6.45, 7) is 4.07. The summed E-state index contributed by atoms with van der Waals surface area (Å²) in [6.07, 6.45) is 0. The molecule has 1 aliphatic heterocycles. The van der Waals surface area contributed by atoms with Crippen LogP contribution in [0.15, 0.2) is 35.4 Å². The second kappa shape index (κ2) is 3.14. The predicted octanol–water partition coefficient (Wildman–Crippen LogP) is 2.17. The molecule has 0 N–H and O–H groups in total. The van der Waals surface area contributed by atoms with E-state index in [-0.39, 0.29) is 11.6 Å². The molecule has 3 rings (SSSR count). The van der Waals surface area contributed by atoms with E-state index in [1.54, 1.807) is 31.2 Å². The number of carbonyl (C=O) groups is 2. The maximum absolute atomic E-state index is 12.4. The Morgan fingerprint density at radius 2 is 1.65 bits per heavy atom. The molecule has 1 atom stereocenters. The molecule has 3 heteroatoms. The van der Waals surface area contributed by atoms with Crippen LogP contribution >= 0.6 is 0 Å². The van der Waals surface area contributed by atoms with Crippen molar-refractivity contribution in [3.05, 3.63) is 46.5 Å². The zero-order valence-corrected chi connectivity index (χ0v) is 9.74. The lowest BCUT2D eigenvalue weighted by Crippen LogP contribution is -2.28. The zero-order chi connectivity index (χ0) is 12.2. The third-order valence-corrected chi connectivity index (χ3v) is 3.47. The molecule has 0 radical (unpaired) electrons.